The Labute approximate surface area is 68.5 Å². The van der Waals surface area contributed by atoms with Crippen LogP contribution < -0.4 is 0 Å². The highest BCUT2D eigenvalue weighted by atomic mass is 16.1. The lowest BCUT2D eigenvalue weighted by Crippen LogP contribution is -2.23. The molecular weight excluding hydrogens is 136 g/mol. The maximum absolute atomic E-state index is 10.6. The normalized spacial score (nSPS) is 38.1. The van der Waals surface area contributed by atoms with E-state index in [4.69, 9.17) is 0 Å². The standard InChI is InChI=1S/C10H16O/c1-7-4-8(2)9(3)10(5-7)6-11/h4,6,8-10H,5H2,1-3H3/t8-,9-,10-/m1/s1. The Bertz CT molecular complexity index is 181. The van der Waals surface area contributed by atoms with Crippen molar-refractivity contribution >= 4 is 6.29 Å². The SMILES string of the molecule is CC1=C[C@@H](C)[C@@H](C)[C@@H](C=O)C1. The second kappa shape index (κ2) is 3.21. The Morgan fingerprint density at radius 3 is 2.73 bits per heavy atom. The van der Waals surface area contributed by atoms with E-state index < -0.39 is 0 Å². The number of hydrogen-bond acceptors (Lipinski definition) is 1. The Morgan fingerprint density at radius 2 is 2.18 bits per heavy atom. The molecule has 0 aliphatic heterocycles. The average Bonchev–Trinajstić information content (AvgIpc) is 1.96. The minimum Gasteiger partial charge on any atom is -0.303 e. The van der Waals surface area contributed by atoms with Gasteiger partial charge in [-0.05, 0) is 25.2 Å². The fraction of sp³-hybridized carbons (Fsp3) is 0.700. The number of allylic oxidation sites excluding steroid dienone is 2. The Balaban J connectivity index is 2.75. The molecule has 0 fully saturated rings. The molecule has 1 rings (SSSR count). The molecule has 0 heterocycles. The van der Waals surface area contributed by atoms with E-state index in [-0.39, 0.29) is 5.92 Å². The van der Waals surface area contributed by atoms with Crippen LogP contribution in [0.25, 0.3) is 0 Å². The van der Waals surface area contributed by atoms with E-state index in [9.17, 15) is 4.79 Å². The predicted molar refractivity (Wildman–Crippen MR) is 46.3 cm³/mol. The van der Waals surface area contributed by atoms with Crippen molar-refractivity contribution in [3.63, 3.8) is 0 Å². The maximum atomic E-state index is 10.6. The van der Waals surface area contributed by atoms with Crippen LogP contribution in [-0.4, -0.2) is 6.29 Å². The smallest absolute Gasteiger partial charge is 0.123 e. The molecule has 1 heteroatoms. The fourth-order valence-electron chi connectivity index (χ4n) is 1.79. The van der Waals surface area contributed by atoms with E-state index in [0.717, 1.165) is 12.7 Å². The molecule has 1 nitrogen and oxygen atoms in total. The summed E-state index contributed by atoms with van der Waals surface area (Å²) in [6, 6.07) is 0. The third-order valence-electron chi connectivity index (χ3n) is 2.78. The first-order valence-electron chi connectivity index (χ1n) is 4.27. The molecule has 11 heavy (non-hydrogen) atoms. The van der Waals surface area contributed by atoms with E-state index in [1.807, 2.05) is 0 Å². The summed E-state index contributed by atoms with van der Waals surface area (Å²) >= 11 is 0. The molecule has 0 aromatic heterocycles. The van der Waals surface area contributed by atoms with Gasteiger partial charge in [0.05, 0.1) is 0 Å². The Kier molecular flexibility index (Phi) is 2.48. The van der Waals surface area contributed by atoms with Crippen LogP contribution in [0.4, 0.5) is 0 Å². The molecule has 0 radical (unpaired) electrons. The lowest BCUT2D eigenvalue weighted by molar-refractivity contribution is -0.112. The van der Waals surface area contributed by atoms with Gasteiger partial charge in [-0.25, -0.2) is 0 Å². The summed E-state index contributed by atoms with van der Waals surface area (Å²) in [6.45, 7) is 6.45. The van der Waals surface area contributed by atoms with Crippen molar-refractivity contribution in [3.8, 4) is 0 Å². The molecule has 0 saturated heterocycles. The van der Waals surface area contributed by atoms with Crippen LogP contribution in [0.15, 0.2) is 11.6 Å². The number of rotatable bonds is 1. The van der Waals surface area contributed by atoms with Gasteiger partial charge < -0.3 is 4.79 Å². The third kappa shape index (κ3) is 1.70. The first-order valence-corrected chi connectivity index (χ1v) is 4.27. The monoisotopic (exact) mass is 152 g/mol. The van der Waals surface area contributed by atoms with Gasteiger partial charge in [-0.2, -0.15) is 0 Å². The molecule has 62 valence electrons. The molecule has 1 aliphatic carbocycles. The van der Waals surface area contributed by atoms with E-state index in [0.29, 0.717) is 11.8 Å². The van der Waals surface area contributed by atoms with Crippen molar-refractivity contribution < 1.29 is 4.79 Å². The summed E-state index contributed by atoms with van der Waals surface area (Å²) < 4.78 is 0. The zero-order valence-corrected chi connectivity index (χ0v) is 7.50. The van der Waals surface area contributed by atoms with Gasteiger partial charge in [-0.3, -0.25) is 0 Å². The first kappa shape index (κ1) is 8.51. The number of carbonyl (C=O) groups is 1. The molecule has 0 spiro atoms. The summed E-state index contributed by atoms with van der Waals surface area (Å²) in [7, 11) is 0. The van der Waals surface area contributed by atoms with Crippen molar-refractivity contribution in [2.45, 2.75) is 27.2 Å². The molecule has 0 saturated carbocycles. The maximum Gasteiger partial charge on any atom is 0.123 e. The molecule has 0 unspecified atom stereocenters. The summed E-state index contributed by atoms with van der Waals surface area (Å²) in [4.78, 5) is 10.6. The van der Waals surface area contributed by atoms with Crippen LogP contribution in [0.1, 0.15) is 27.2 Å². The second-order valence-electron chi connectivity index (χ2n) is 3.74. The van der Waals surface area contributed by atoms with E-state index >= 15 is 0 Å². The quantitative estimate of drug-likeness (QED) is 0.416. The lowest BCUT2D eigenvalue weighted by Gasteiger charge is -2.28. The average molecular weight is 152 g/mol. The molecule has 0 aromatic carbocycles. The van der Waals surface area contributed by atoms with Crippen LogP contribution in [0.3, 0.4) is 0 Å². The lowest BCUT2D eigenvalue weighted by atomic mass is 9.76. The molecular formula is C10H16O. The van der Waals surface area contributed by atoms with Crippen molar-refractivity contribution in [2.75, 3.05) is 0 Å². The highest BCUT2D eigenvalue weighted by Crippen LogP contribution is 2.31. The van der Waals surface area contributed by atoms with Crippen LogP contribution in [0.5, 0.6) is 0 Å². The van der Waals surface area contributed by atoms with E-state index in [1.54, 1.807) is 0 Å². The number of hydrogen-bond donors (Lipinski definition) is 0. The van der Waals surface area contributed by atoms with Crippen LogP contribution in [-0.2, 0) is 4.79 Å². The zero-order valence-electron chi connectivity index (χ0n) is 7.50. The largest absolute Gasteiger partial charge is 0.303 e. The summed E-state index contributed by atoms with van der Waals surface area (Å²) in [5.74, 6) is 1.35. The highest BCUT2D eigenvalue weighted by molar-refractivity contribution is 5.55. The van der Waals surface area contributed by atoms with E-state index in [1.165, 1.54) is 5.57 Å². The van der Waals surface area contributed by atoms with Gasteiger partial charge in [0.2, 0.25) is 0 Å². The van der Waals surface area contributed by atoms with Gasteiger partial charge in [-0.15, -0.1) is 0 Å². The molecule has 1 aliphatic rings. The second-order valence-corrected chi connectivity index (χ2v) is 3.74. The Morgan fingerprint density at radius 1 is 1.55 bits per heavy atom. The van der Waals surface area contributed by atoms with Crippen molar-refractivity contribution in [1.82, 2.24) is 0 Å². The number of carbonyl (C=O) groups excluding carboxylic acids is 1. The molecule has 3 atom stereocenters. The van der Waals surface area contributed by atoms with Crippen molar-refractivity contribution in [3.05, 3.63) is 11.6 Å². The molecule has 0 aromatic rings. The summed E-state index contributed by atoms with van der Waals surface area (Å²) in [6.07, 6.45) is 4.36. The van der Waals surface area contributed by atoms with Gasteiger partial charge in [0.1, 0.15) is 6.29 Å². The Hall–Kier alpha value is -0.590. The fourth-order valence-corrected chi connectivity index (χ4v) is 1.79. The highest BCUT2D eigenvalue weighted by Gasteiger charge is 2.25. The molecule has 0 amide bonds. The third-order valence-corrected chi connectivity index (χ3v) is 2.78. The predicted octanol–water partition coefficient (Wildman–Crippen LogP) is 2.42. The number of aldehydes is 1. The van der Waals surface area contributed by atoms with Crippen molar-refractivity contribution in [1.29, 1.82) is 0 Å². The van der Waals surface area contributed by atoms with E-state index in [2.05, 4.69) is 26.8 Å². The zero-order chi connectivity index (χ0) is 8.43. The topological polar surface area (TPSA) is 17.1 Å². The van der Waals surface area contributed by atoms with Crippen LogP contribution in [0.2, 0.25) is 0 Å². The van der Waals surface area contributed by atoms with Gasteiger partial charge in [0.15, 0.2) is 0 Å². The molecule has 0 N–H and O–H groups in total. The molecule has 0 bridgehead atoms. The van der Waals surface area contributed by atoms with Gasteiger partial charge in [-0.1, -0.05) is 25.5 Å². The first-order chi connectivity index (χ1) is 5.15. The van der Waals surface area contributed by atoms with Crippen LogP contribution in [0, 0.1) is 17.8 Å². The van der Waals surface area contributed by atoms with Gasteiger partial charge in [0.25, 0.3) is 0 Å². The van der Waals surface area contributed by atoms with Gasteiger partial charge >= 0.3 is 0 Å². The summed E-state index contributed by atoms with van der Waals surface area (Å²) in [5, 5.41) is 0. The van der Waals surface area contributed by atoms with Gasteiger partial charge in [0, 0.05) is 5.92 Å². The summed E-state index contributed by atoms with van der Waals surface area (Å²) in [5.41, 5.74) is 1.37. The van der Waals surface area contributed by atoms with Crippen molar-refractivity contribution in [2.24, 2.45) is 17.8 Å². The van der Waals surface area contributed by atoms with Crippen LogP contribution >= 0.6 is 0 Å². The minimum atomic E-state index is 0.259. The minimum absolute atomic E-state index is 0.259.